The van der Waals surface area contributed by atoms with Gasteiger partial charge in [-0.05, 0) is 60.2 Å². The van der Waals surface area contributed by atoms with E-state index in [-0.39, 0.29) is 18.3 Å². The van der Waals surface area contributed by atoms with Gasteiger partial charge in [-0.3, -0.25) is 9.36 Å². The molecule has 0 fully saturated rings. The van der Waals surface area contributed by atoms with Gasteiger partial charge in [0.1, 0.15) is 5.82 Å². The van der Waals surface area contributed by atoms with Crippen LogP contribution in [0.15, 0.2) is 76.4 Å². The van der Waals surface area contributed by atoms with Crippen molar-refractivity contribution < 1.29 is 18.7 Å². The third kappa shape index (κ3) is 6.01. The Morgan fingerprint density at radius 3 is 2.40 bits per heavy atom. The maximum Gasteiger partial charge on any atom is 0.251 e. The summed E-state index contributed by atoms with van der Waals surface area (Å²) in [6.45, 7) is 0.121. The van der Waals surface area contributed by atoms with Crippen molar-refractivity contribution in [1.29, 1.82) is 0 Å². The molecule has 4 rings (SSSR count). The number of thioether (sulfide) groups is 1. The summed E-state index contributed by atoms with van der Waals surface area (Å²) in [7, 11) is 3.05. The van der Waals surface area contributed by atoms with Crippen molar-refractivity contribution in [3.05, 3.63) is 94.0 Å². The Balaban J connectivity index is 1.55. The zero-order valence-electron chi connectivity index (χ0n) is 19.0. The quantitative estimate of drug-likeness (QED) is 0.278. The number of halogens is 2. The van der Waals surface area contributed by atoms with Gasteiger partial charge < -0.3 is 14.8 Å². The highest BCUT2D eigenvalue weighted by molar-refractivity contribution is 9.10. The van der Waals surface area contributed by atoms with E-state index in [0.29, 0.717) is 39.5 Å². The Morgan fingerprint density at radius 2 is 1.71 bits per heavy atom. The predicted molar refractivity (Wildman–Crippen MR) is 136 cm³/mol. The number of nitrogens with zero attached hydrogens (tertiary/aromatic N) is 3. The number of carbonyl (C=O) groups is 1. The van der Waals surface area contributed by atoms with Gasteiger partial charge in [-0.25, -0.2) is 4.39 Å². The molecule has 3 aromatic carbocycles. The molecule has 7 nitrogen and oxygen atoms in total. The molecule has 0 saturated carbocycles. The van der Waals surface area contributed by atoms with Gasteiger partial charge in [-0.1, -0.05) is 39.8 Å². The van der Waals surface area contributed by atoms with E-state index >= 15 is 0 Å². The number of ether oxygens (including phenoxy) is 2. The monoisotopic (exact) mass is 556 g/mol. The summed E-state index contributed by atoms with van der Waals surface area (Å²) in [5.41, 5.74) is 2.24. The van der Waals surface area contributed by atoms with Gasteiger partial charge in [0, 0.05) is 21.5 Å². The van der Waals surface area contributed by atoms with Gasteiger partial charge in [-0.2, -0.15) is 0 Å². The van der Waals surface area contributed by atoms with E-state index in [0.717, 1.165) is 10.0 Å². The Kier molecular flexibility index (Phi) is 8.04. The zero-order valence-corrected chi connectivity index (χ0v) is 21.4. The van der Waals surface area contributed by atoms with Crippen molar-refractivity contribution in [3.63, 3.8) is 0 Å². The molecule has 10 heteroatoms. The molecular formula is C25H22BrFN4O3S. The van der Waals surface area contributed by atoms with Gasteiger partial charge in [0.15, 0.2) is 22.5 Å². The van der Waals surface area contributed by atoms with E-state index in [1.165, 1.54) is 38.1 Å². The van der Waals surface area contributed by atoms with Crippen LogP contribution in [0.5, 0.6) is 11.5 Å². The summed E-state index contributed by atoms with van der Waals surface area (Å²) in [6, 6.07) is 19.0. The third-order valence-corrected chi connectivity index (χ3v) is 6.65. The second kappa shape index (κ2) is 11.4. The summed E-state index contributed by atoms with van der Waals surface area (Å²) in [5.74, 6) is 1.54. The largest absolute Gasteiger partial charge is 0.493 e. The minimum Gasteiger partial charge on any atom is -0.493 e. The van der Waals surface area contributed by atoms with Gasteiger partial charge >= 0.3 is 0 Å². The topological polar surface area (TPSA) is 78.3 Å². The number of rotatable bonds is 9. The molecule has 0 bridgehead atoms. The van der Waals surface area contributed by atoms with E-state index in [1.807, 2.05) is 28.8 Å². The second-order valence-electron chi connectivity index (χ2n) is 7.38. The Labute approximate surface area is 214 Å². The molecule has 0 spiro atoms. The van der Waals surface area contributed by atoms with E-state index in [1.54, 1.807) is 30.3 Å². The van der Waals surface area contributed by atoms with E-state index in [4.69, 9.17) is 9.47 Å². The average Bonchev–Trinajstić information content (AvgIpc) is 3.29. The highest BCUT2D eigenvalue weighted by atomic mass is 79.9. The minimum absolute atomic E-state index is 0.121. The summed E-state index contributed by atoms with van der Waals surface area (Å²) < 4.78 is 26.9. The maximum absolute atomic E-state index is 13.6. The lowest BCUT2D eigenvalue weighted by molar-refractivity contribution is 0.0949. The first-order valence-electron chi connectivity index (χ1n) is 10.6. The molecule has 1 aromatic heterocycles. The average molecular weight is 557 g/mol. The lowest BCUT2D eigenvalue weighted by atomic mass is 10.2. The number of nitrogens with one attached hydrogen (secondary N) is 1. The van der Waals surface area contributed by atoms with Crippen LogP contribution in [0.1, 0.15) is 21.7 Å². The van der Waals surface area contributed by atoms with Gasteiger partial charge in [0.2, 0.25) is 0 Å². The predicted octanol–water partition coefficient (Wildman–Crippen LogP) is 5.41. The first kappa shape index (κ1) is 24.7. The van der Waals surface area contributed by atoms with E-state index in [2.05, 4.69) is 31.4 Å². The van der Waals surface area contributed by atoms with Crippen LogP contribution in [0.3, 0.4) is 0 Å². The van der Waals surface area contributed by atoms with Gasteiger partial charge in [0.25, 0.3) is 5.91 Å². The molecule has 1 N–H and O–H groups in total. The third-order valence-electron chi connectivity index (χ3n) is 5.12. The molecule has 0 aliphatic carbocycles. The van der Waals surface area contributed by atoms with Crippen LogP contribution in [0.4, 0.5) is 4.39 Å². The molecular weight excluding hydrogens is 535 g/mol. The molecule has 1 heterocycles. The fourth-order valence-corrected chi connectivity index (χ4v) is 4.52. The summed E-state index contributed by atoms with van der Waals surface area (Å²) in [5, 5.41) is 12.1. The molecule has 0 aliphatic rings. The lowest BCUT2D eigenvalue weighted by Gasteiger charge is -2.12. The highest BCUT2D eigenvalue weighted by Gasteiger charge is 2.17. The molecule has 4 aromatic rings. The maximum atomic E-state index is 13.6. The van der Waals surface area contributed by atoms with E-state index in [9.17, 15) is 9.18 Å². The van der Waals surface area contributed by atoms with Crippen LogP contribution in [-0.2, 0) is 12.3 Å². The van der Waals surface area contributed by atoms with Crippen molar-refractivity contribution in [2.45, 2.75) is 17.5 Å². The van der Waals surface area contributed by atoms with Gasteiger partial charge in [-0.15, -0.1) is 10.2 Å². The number of benzene rings is 3. The smallest absolute Gasteiger partial charge is 0.251 e. The summed E-state index contributed by atoms with van der Waals surface area (Å²) >= 11 is 4.94. The zero-order chi connectivity index (χ0) is 24.8. The molecule has 35 heavy (non-hydrogen) atoms. The van der Waals surface area contributed by atoms with Crippen molar-refractivity contribution in [3.8, 4) is 17.2 Å². The molecule has 0 atom stereocenters. The van der Waals surface area contributed by atoms with Crippen LogP contribution in [0.25, 0.3) is 5.69 Å². The summed E-state index contributed by atoms with van der Waals surface area (Å²) in [6.07, 6.45) is 0. The van der Waals surface area contributed by atoms with Gasteiger partial charge in [0.05, 0.1) is 20.8 Å². The molecule has 0 radical (unpaired) electrons. The Hall–Kier alpha value is -3.37. The van der Waals surface area contributed by atoms with Crippen LogP contribution in [0, 0.1) is 5.82 Å². The number of methoxy groups -OCH3 is 2. The molecule has 180 valence electrons. The second-order valence-corrected chi connectivity index (χ2v) is 9.24. The first-order chi connectivity index (χ1) is 17.0. The van der Waals surface area contributed by atoms with Crippen molar-refractivity contribution in [2.24, 2.45) is 0 Å². The molecule has 0 unspecified atom stereocenters. The highest BCUT2D eigenvalue weighted by Crippen LogP contribution is 2.28. The first-order valence-corrected chi connectivity index (χ1v) is 12.3. The van der Waals surface area contributed by atoms with Crippen molar-refractivity contribution in [1.82, 2.24) is 20.1 Å². The van der Waals surface area contributed by atoms with Crippen molar-refractivity contribution in [2.75, 3.05) is 14.2 Å². The van der Waals surface area contributed by atoms with Crippen LogP contribution < -0.4 is 14.8 Å². The number of aromatic nitrogens is 3. The normalized spacial score (nSPS) is 10.7. The van der Waals surface area contributed by atoms with Crippen molar-refractivity contribution >= 4 is 33.6 Å². The molecule has 1 amide bonds. The summed E-state index contributed by atoms with van der Waals surface area (Å²) in [4.78, 5) is 12.8. The number of hydrogen-bond acceptors (Lipinski definition) is 6. The number of hydrogen-bond donors (Lipinski definition) is 1. The Bertz CT molecular complexity index is 1310. The van der Waals surface area contributed by atoms with Crippen LogP contribution in [-0.4, -0.2) is 34.9 Å². The SMILES string of the molecule is COc1ccc(C(=O)NCc2nnc(SCc3ccc(Br)cc3)n2-c2ccc(F)cc2)cc1OC. The Morgan fingerprint density at radius 1 is 1.00 bits per heavy atom. The fraction of sp³-hybridized carbons (Fsp3) is 0.160. The lowest BCUT2D eigenvalue weighted by Crippen LogP contribution is -2.24. The van der Waals surface area contributed by atoms with Crippen LogP contribution >= 0.6 is 27.7 Å². The molecule has 0 aliphatic heterocycles. The molecule has 0 saturated heterocycles. The standard InChI is InChI=1S/C25H22BrFN4O3S/c1-33-21-12-5-17(13-22(21)34-2)24(32)28-14-23-29-30-25(31(23)20-10-8-19(27)9-11-20)35-15-16-3-6-18(26)7-4-16/h3-13H,14-15H2,1-2H3,(H,28,32). The van der Waals surface area contributed by atoms with Crippen LogP contribution in [0.2, 0.25) is 0 Å². The number of carbonyl (C=O) groups excluding carboxylic acids is 1. The minimum atomic E-state index is -0.339. The number of amides is 1. The van der Waals surface area contributed by atoms with E-state index < -0.39 is 0 Å². The fourth-order valence-electron chi connectivity index (χ4n) is 3.33.